The number of rotatable bonds is 21. The van der Waals surface area contributed by atoms with Crippen molar-refractivity contribution in [2.75, 3.05) is 39.3 Å². The molecule has 11 heteroatoms. The van der Waals surface area contributed by atoms with Gasteiger partial charge in [-0.05, 0) is 44.9 Å². The summed E-state index contributed by atoms with van der Waals surface area (Å²) in [6.45, 7) is 2.56. The third kappa shape index (κ3) is 19.5. The fourth-order valence-corrected chi connectivity index (χ4v) is 3.15. The maximum atomic E-state index is 12.6. The summed E-state index contributed by atoms with van der Waals surface area (Å²) in [6.07, 6.45) is 14.5. The predicted octanol–water partition coefficient (Wildman–Crippen LogP) is 3.56. The number of aliphatic imine (C=N–C) groups is 2. The van der Waals surface area contributed by atoms with Crippen molar-refractivity contribution in [2.24, 2.45) is 9.98 Å². The Morgan fingerprint density at radius 3 is 1.68 bits per heavy atom. The van der Waals surface area contributed by atoms with Gasteiger partial charge in [-0.3, -0.25) is 0 Å². The average molecular weight is 479 g/mol. The number of urea groups is 2. The Bertz CT molecular complexity index is 640. The van der Waals surface area contributed by atoms with Gasteiger partial charge in [-0.2, -0.15) is 5.26 Å². The van der Waals surface area contributed by atoms with E-state index in [4.69, 9.17) is 5.26 Å². The van der Waals surface area contributed by atoms with Gasteiger partial charge in [0.25, 0.3) is 6.26 Å². The van der Waals surface area contributed by atoms with Crippen LogP contribution in [0.4, 0.5) is 9.59 Å². The molecule has 0 aromatic carbocycles. The lowest BCUT2D eigenvalue weighted by molar-refractivity contribution is 0.184. The van der Waals surface area contributed by atoms with Gasteiger partial charge in [0.05, 0.1) is 13.1 Å². The van der Waals surface area contributed by atoms with Crippen LogP contribution in [0.2, 0.25) is 0 Å². The Labute approximate surface area is 202 Å². The van der Waals surface area contributed by atoms with E-state index >= 15 is 0 Å². The number of nitrogens with one attached hydrogen (secondary N) is 2. The van der Waals surface area contributed by atoms with Crippen molar-refractivity contribution >= 4 is 24.2 Å². The molecule has 190 valence electrons. The Morgan fingerprint density at radius 2 is 1.18 bits per heavy atom. The molecule has 0 fully saturated rings. The lowest BCUT2D eigenvalue weighted by Crippen LogP contribution is -2.49. The molecule has 0 aromatic heterocycles. The molecule has 0 aromatic rings. The number of hydrogen-bond acceptors (Lipinski definition) is 8. The number of imide groups is 1. The lowest BCUT2D eigenvalue weighted by Gasteiger charge is -2.22. The topological polar surface area (TPSA) is 153 Å². The second-order valence-electron chi connectivity index (χ2n) is 7.74. The first-order valence-corrected chi connectivity index (χ1v) is 12.1. The van der Waals surface area contributed by atoms with E-state index in [-0.39, 0.29) is 0 Å². The average Bonchev–Trinajstić information content (AvgIpc) is 2.84. The summed E-state index contributed by atoms with van der Waals surface area (Å²) in [7, 11) is 0. The Balaban J connectivity index is 4.33. The zero-order valence-corrected chi connectivity index (χ0v) is 20.1. The Morgan fingerprint density at radius 1 is 0.706 bits per heavy atom. The van der Waals surface area contributed by atoms with Crippen LogP contribution in [-0.2, 0) is 14.3 Å². The van der Waals surface area contributed by atoms with Crippen LogP contribution in [0.25, 0.3) is 0 Å². The number of ether oxygens (including phenoxy) is 1. The molecule has 0 bridgehead atoms. The van der Waals surface area contributed by atoms with Crippen molar-refractivity contribution in [3.05, 3.63) is 0 Å². The molecule has 34 heavy (non-hydrogen) atoms. The maximum absolute atomic E-state index is 12.6. The number of amides is 4. The molecule has 11 nitrogen and oxygen atoms in total. The van der Waals surface area contributed by atoms with Crippen molar-refractivity contribution in [1.82, 2.24) is 15.5 Å². The molecule has 0 spiro atoms. The van der Waals surface area contributed by atoms with Gasteiger partial charge in [-0.1, -0.05) is 32.1 Å². The van der Waals surface area contributed by atoms with E-state index in [1.54, 1.807) is 6.26 Å². The molecule has 0 atom stereocenters. The van der Waals surface area contributed by atoms with Crippen LogP contribution in [0.1, 0.15) is 77.0 Å². The zero-order valence-electron chi connectivity index (χ0n) is 20.1. The van der Waals surface area contributed by atoms with Gasteiger partial charge in [0.2, 0.25) is 12.2 Å². The molecular weight excluding hydrogens is 440 g/mol. The summed E-state index contributed by atoms with van der Waals surface area (Å²) in [5.74, 6) is 0. The molecule has 0 unspecified atom stereocenters. The van der Waals surface area contributed by atoms with Crippen LogP contribution in [0.5, 0.6) is 0 Å². The quantitative estimate of drug-likeness (QED) is 0.111. The van der Waals surface area contributed by atoms with Gasteiger partial charge in [-0.15, -0.1) is 0 Å². The summed E-state index contributed by atoms with van der Waals surface area (Å²) in [4.78, 5) is 53.5. The number of nitrogens with zero attached hydrogens (tertiary/aromatic N) is 4. The van der Waals surface area contributed by atoms with Crippen molar-refractivity contribution in [2.45, 2.75) is 77.0 Å². The highest BCUT2D eigenvalue weighted by Gasteiger charge is 2.20. The first kappa shape index (κ1) is 30.8. The molecule has 0 rings (SSSR count). The third-order valence-electron chi connectivity index (χ3n) is 5.01. The minimum atomic E-state index is -0.414. The number of unbranched alkanes of at least 4 members (excludes halogenated alkanes) is 9. The Kier molecular flexibility index (Phi) is 22.1. The summed E-state index contributed by atoms with van der Waals surface area (Å²) < 4.78 is 4.64. The summed E-state index contributed by atoms with van der Waals surface area (Å²) in [5, 5.41) is 14.0. The van der Waals surface area contributed by atoms with Crippen LogP contribution in [0.3, 0.4) is 0 Å². The summed E-state index contributed by atoms with van der Waals surface area (Å²) >= 11 is 0. The van der Waals surface area contributed by atoms with E-state index in [1.165, 1.54) is 17.1 Å². The molecule has 0 aliphatic rings. The molecule has 0 heterocycles. The molecule has 0 aliphatic heterocycles. The van der Waals surface area contributed by atoms with E-state index in [0.717, 1.165) is 70.6 Å². The normalized spacial score (nSPS) is 9.74. The fourth-order valence-electron chi connectivity index (χ4n) is 3.15. The van der Waals surface area contributed by atoms with Crippen LogP contribution < -0.4 is 10.6 Å². The van der Waals surface area contributed by atoms with Crippen molar-refractivity contribution in [1.29, 1.82) is 5.26 Å². The number of carbonyl (C=O) groups is 2. The van der Waals surface area contributed by atoms with Crippen LogP contribution >= 0.6 is 0 Å². The monoisotopic (exact) mass is 478 g/mol. The molecule has 0 aliphatic carbocycles. The number of isocyanates is 2. The molecule has 2 N–H and O–H groups in total. The second kappa shape index (κ2) is 24.4. The zero-order chi connectivity index (χ0) is 25.1. The van der Waals surface area contributed by atoms with E-state index < -0.39 is 12.1 Å². The smallest absolute Gasteiger partial charge is 0.325 e. The summed E-state index contributed by atoms with van der Waals surface area (Å²) in [5.41, 5.74) is 0. The third-order valence-corrected chi connectivity index (χ3v) is 5.01. The van der Waals surface area contributed by atoms with E-state index in [0.29, 0.717) is 45.8 Å². The highest BCUT2D eigenvalue weighted by molar-refractivity contribution is 5.93. The number of hydrogen-bond donors (Lipinski definition) is 2. The van der Waals surface area contributed by atoms with E-state index in [9.17, 15) is 19.2 Å². The number of nitriles is 1. The van der Waals surface area contributed by atoms with Gasteiger partial charge in [0.15, 0.2) is 0 Å². The van der Waals surface area contributed by atoms with E-state index in [2.05, 4.69) is 25.4 Å². The molecular formula is C23H38N6O5. The van der Waals surface area contributed by atoms with Crippen molar-refractivity contribution in [3.63, 3.8) is 0 Å². The van der Waals surface area contributed by atoms with Crippen molar-refractivity contribution < 1.29 is 23.9 Å². The fraction of sp³-hybridized carbons (Fsp3) is 0.783. The van der Waals surface area contributed by atoms with Gasteiger partial charge >= 0.3 is 12.1 Å². The van der Waals surface area contributed by atoms with Gasteiger partial charge in [0.1, 0.15) is 6.61 Å². The first-order chi connectivity index (χ1) is 16.7. The number of carbonyl (C=O) groups excluding carboxylic acids is 4. The largest absolute Gasteiger partial charge is 0.428 e. The van der Waals surface area contributed by atoms with Crippen molar-refractivity contribution in [3.8, 4) is 6.26 Å². The maximum Gasteiger partial charge on any atom is 0.325 e. The minimum Gasteiger partial charge on any atom is -0.428 e. The standard InChI is InChI=1S/C23H38N6O5/c24-19-34-18-12-6-5-11-17-29(22(32)27-15-9-3-1-7-13-25-20-30)23(33)28-16-10-4-2-8-14-26-21-31/h1-18H2,(H,27,32)(H,28,33). The molecule has 0 saturated carbocycles. The second-order valence-corrected chi connectivity index (χ2v) is 7.74. The highest BCUT2D eigenvalue weighted by Crippen LogP contribution is 2.05. The van der Waals surface area contributed by atoms with E-state index in [1.807, 2.05) is 0 Å². The van der Waals surface area contributed by atoms with Crippen LogP contribution in [0.15, 0.2) is 9.98 Å². The van der Waals surface area contributed by atoms with Crippen LogP contribution in [0, 0.1) is 11.5 Å². The van der Waals surface area contributed by atoms with Gasteiger partial charge < -0.3 is 15.4 Å². The summed E-state index contributed by atoms with van der Waals surface area (Å²) in [6, 6.07) is -0.829. The predicted molar refractivity (Wildman–Crippen MR) is 126 cm³/mol. The molecule has 0 radical (unpaired) electrons. The molecule has 0 saturated heterocycles. The van der Waals surface area contributed by atoms with Crippen LogP contribution in [-0.4, -0.2) is 68.5 Å². The highest BCUT2D eigenvalue weighted by atomic mass is 16.5. The SMILES string of the molecule is N#COCCCCCCN(C(=O)NCCCCCCN=C=O)C(=O)NCCCCCCN=C=O. The molecule has 4 amide bonds. The lowest BCUT2D eigenvalue weighted by atomic mass is 10.2. The van der Waals surface area contributed by atoms with Gasteiger partial charge in [0, 0.05) is 19.6 Å². The van der Waals surface area contributed by atoms with Gasteiger partial charge in [-0.25, -0.2) is 34.1 Å². The minimum absolute atomic E-state index is 0.310. The first-order valence-electron chi connectivity index (χ1n) is 12.1. The Hall–Kier alpha value is -3.21.